The third-order valence-corrected chi connectivity index (χ3v) is 3.60. The Bertz CT molecular complexity index is 435. The van der Waals surface area contributed by atoms with Crippen LogP contribution < -0.4 is 5.73 Å². The maximum absolute atomic E-state index is 11.0. The first-order valence-electron chi connectivity index (χ1n) is 6.00. The normalized spacial score (nSPS) is 24.0. The maximum atomic E-state index is 11.0. The molecule has 1 aliphatic rings. The van der Waals surface area contributed by atoms with Crippen LogP contribution in [-0.4, -0.2) is 34.7 Å². The number of hydrogen-bond donors (Lipinski definition) is 2. The van der Waals surface area contributed by atoms with E-state index in [1.54, 1.807) is 0 Å². The number of nitrogens with zero attached hydrogens (tertiary/aromatic N) is 1. The van der Waals surface area contributed by atoms with Gasteiger partial charge in [-0.1, -0.05) is 23.7 Å². The third kappa shape index (κ3) is 3.15. The molecule has 3 N–H and O–H groups in total. The predicted octanol–water partition coefficient (Wildman–Crippen LogP) is 2.35. The molecule has 1 aromatic carbocycles. The summed E-state index contributed by atoms with van der Waals surface area (Å²) >= 11 is 5.84. The summed E-state index contributed by atoms with van der Waals surface area (Å²) in [7, 11) is 0. The molecule has 5 heteroatoms. The fraction of sp³-hybridized carbons (Fsp3) is 0.462. The van der Waals surface area contributed by atoms with Gasteiger partial charge in [0.05, 0.1) is 0 Å². The average Bonchev–Trinajstić information content (AvgIpc) is 2.32. The molecule has 1 atom stereocenters. The zero-order chi connectivity index (χ0) is 13.2. The van der Waals surface area contributed by atoms with Gasteiger partial charge in [0.2, 0.25) is 0 Å². The number of carboxylic acid groups (broad SMARTS) is 1. The van der Waals surface area contributed by atoms with Gasteiger partial charge in [0.25, 0.3) is 0 Å². The van der Waals surface area contributed by atoms with E-state index in [1.165, 1.54) is 4.90 Å². The lowest BCUT2D eigenvalue weighted by molar-refractivity contribution is 0.110. The Morgan fingerprint density at radius 1 is 1.44 bits per heavy atom. The van der Waals surface area contributed by atoms with Crippen molar-refractivity contribution in [3.8, 4) is 0 Å². The van der Waals surface area contributed by atoms with Crippen LogP contribution in [0.15, 0.2) is 24.3 Å². The van der Waals surface area contributed by atoms with Crippen molar-refractivity contribution >= 4 is 17.7 Å². The van der Waals surface area contributed by atoms with E-state index in [-0.39, 0.29) is 0 Å². The van der Waals surface area contributed by atoms with Gasteiger partial charge < -0.3 is 15.7 Å². The molecule has 1 saturated heterocycles. The molecule has 0 spiro atoms. The number of rotatable bonds is 2. The van der Waals surface area contributed by atoms with Gasteiger partial charge in [0.1, 0.15) is 0 Å². The van der Waals surface area contributed by atoms with Crippen LogP contribution in [0.3, 0.4) is 0 Å². The minimum atomic E-state index is -0.888. The van der Waals surface area contributed by atoms with Crippen LogP contribution >= 0.6 is 11.6 Å². The molecule has 4 nitrogen and oxygen atoms in total. The summed E-state index contributed by atoms with van der Waals surface area (Å²) in [6, 6.07) is 7.55. The Hall–Kier alpha value is -1.26. The van der Waals surface area contributed by atoms with Crippen molar-refractivity contribution in [2.24, 2.45) is 5.73 Å². The molecule has 0 saturated carbocycles. The average molecular weight is 269 g/mol. The number of benzene rings is 1. The minimum Gasteiger partial charge on any atom is -0.465 e. The highest BCUT2D eigenvalue weighted by atomic mass is 35.5. The Morgan fingerprint density at radius 2 is 2.11 bits per heavy atom. The fourth-order valence-corrected chi connectivity index (χ4v) is 2.60. The zero-order valence-corrected chi connectivity index (χ0v) is 10.9. The number of hydrogen-bond acceptors (Lipinski definition) is 2. The molecule has 98 valence electrons. The van der Waals surface area contributed by atoms with Gasteiger partial charge in [-0.3, -0.25) is 0 Å². The van der Waals surface area contributed by atoms with Crippen molar-refractivity contribution in [3.63, 3.8) is 0 Å². The first-order chi connectivity index (χ1) is 8.48. The van der Waals surface area contributed by atoms with Crippen LogP contribution in [0.1, 0.15) is 18.4 Å². The Kier molecular flexibility index (Phi) is 3.78. The van der Waals surface area contributed by atoms with E-state index >= 15 is 0 Å². The van der Waals surface area contributed by atoms with Gasteiger partial charge in [-0.05, 0) is 37.0 Å². The first-order valence-corrected chi connectivity index (χ1v) is 6.37. The molecular formula is C13H17ClN2O2. The van der Waals surface area contributed by atoms with Gasteiger partial charge in [0.15, 0.2) is 0 Å². The number of carbonyl (C=O) groups is 1. The van der Waals surface area contributed by atoms with Crippen LogP contribution in [0.4, 0.5) is 4.79 Å². The quantitative estimate of drug-likeness (QED) is 0.865. The van der Waals surface area contributed by atoms with Crippen molar-refractivity contribution < 1.29 is 9.90 Å². The highest BCUT2D eigenvalue weighted by Gasteiger charge is 2.33. The van der Waals surface area contributed by atoms with Crippen molar-refractivity contribution in [3.05, 3.63) is 34.9 Å². The van der Waals surface area contributed by atoms with Crippen molar-refractivity contribution in [2.45, 2.75) is 24.8 Å². The van der Waals surface area contributed by atoms with Gasteiger partial charge >= 0.3 is 6.09 Å². The highest BCUT2D eigenvalue weighted by Crippen LogP contribution is 2.23. The van der Waals surface area contributed by atoms with Crippen LogP contribution in [0.2, 0.25) is 5.02 Å². The Labute approximate surface area is 111 Å². The Balaban J connectivity index is 2.06. The van der Waals surface area contributed by atoms with E-state index in [0.717, 1.165) is 18.4 Å². The van der Waals surface area contributed by atoms with Crippen molar-refractivity contribution in [1.82, 2.24) is 4.90 Å². The molecule has 0 bridgehead atoms. The van der Waals surface area contributed by atoms with Gasteiger partial charge in [-0.25, -0.2) is 4.79 Å². The standard InChI is InChI=1S/C13H17ClN2O2/c14-11-4-2-10(3-5-11)8-13(15)6-1-7-16(9-13)12(17)18/h2-5H,1,6-9,15H2,(H,17,18). The first kappa shape index (κ1) is 13.2. The van der Waals surface area contributed by atoms with E-state index in [2.05, 4.69) is 0 Å². The lowest BCUT2D eigenvalue weighted by Gasteiger charge is -2.39. The largest absolute Gasteiger partial charge is 0.465 e. The maximum Gasteiger partial charge on any atom is 0.407 e. The molecule has 0 aromatic heterocycles. The second-order valence-corrected chi connectivity index (χ2v) is 5.41. The Morgan fingerprint density at radius 3 is 2.72 bits per heavy atom. The summed E-state index contributed by atoms with van der Waals surface area (Å²) in [5, 5.41) is 9.72. The SMILES string of the molecule is NC1(Cc2ccc(Cl)cc2)CCCN(C(=O)O)C1. The lowest BCUT2D eigenvalue weighted by Crippen LogP contribution is -2.56. The molecule has 2 rings (SSSR count). The fourth-order valence-electron chi connectivity index (χ4n) is 2.48. The van der Waals surface area contributed by atoms with Gasteiger partial charge in [-0.15, -0.1) is 0 Å². The summed E-state index contributed by atoms with van der Waals surface area (Å²) in [5.74, 6) is 0. The second kappa shape index (κ2) is 5.16. The van der Waals surface area contributed by atoms with Crippen LogP contribution in [0.25, 0.3) is 0 Å². The van der Waals surface area contributed by atoms with Gasteiger partial charge in [-0.2, -0.15) is 0 Å². The summed E-state index contributed by atoms with van der Waals surface area (Å²) < 4.78 is 0. The summed E-state index contributed by atoms with van der Waals surface area (Å²) in [5.41, 5.74) is 6.94. The van der Waals surface area contributed by atoms with Crippen LogP contribution in [0.5, 0.6) is 0 Å². The number of nitrogens with two attached hydrogens (primary N) is 1. The molecule has 1 heterocycles. The molecule has 0 aliphatic carbocycles. The molecule has 0 radical (unpaired) electrons. The lowest BCUT2D eigenvalue weighted by atomic mass is 9.84. The topological polar surface area (TPSA) is 66.6 Å². The summed E-state index contributed by atoms with van der Waals surface area (Å²) in [6.45, 7) is 0.972. The van der Waals surface area contributed by atoms with E-state index < -0.39 is 11.6 Å². The van der Waals surface area contributed by atoms with Crippen LogP contribution in [0, 0.1) is 0 Å². The molecule has 1 fully saturated rings. The number of likely N-dealkylation sites (tertiary alicyclic amines) is 1. The van der Waals surface area contributed by atoms with E-state index in [1.807, 2.05) is 24.3 Å². The summed E-state index contributed by atoms with van der Waals surface area (Å²) in [6.07, 6.45) is 1.45. The van der Waals surface area contributed by atoms with Crippen molar-refractivity contribution in [1.29, 1.82) is 0 Å². The van der Waals surface area contributed by atoms with Crippen molar-refractivity contribution in [2.75, 3.05) is 13.1 Å². The molecule has 1 amide bonds. The number of halogens is 1. The predicted molar refractivity (Wildman–Crippen MR) is 70.9 cm³/mol. The zero-order valence-electron chi connectivity index (χ0n) is 10.1. The minimum absolute atomic E-state index is 0.394. The molecule has 1 aliphatic heterocycles. The van der Waals surface area contributed by atoms with E-state index in [4.69, 9.17) is 22.4 Å². The number of amides is 1. The molecule has 18 heavy (non-hydrogen) atoms. The highest BCUT2D eigenvalue weighted by molar-refractivity contribution is 6.30. The third-order valence-electron chi connectivity index (χ3n) is 3.35. The molecular weight excluding hydrogens is 252 g/mol. The second-order valence-electron chi connectivity index (χ2n) is 4.97. The molecule has 1 unspecified atom stereocenters. The van der Waals surface area contributed by atoms with E-state index in [9.17, 15) is 4.79 Å². The van der Waals surface area contributed by atoms with Gasteiger partial charge in [0, 0.05) is 23.7 Å². The number of piperidine rings is 1. The van der Waals surface area contributed by atoms with E-state index in [0.29, 0.717) is 24.5 Å². The smallest absolute Gasteiger partial charge is 0.407 e. The summed E-state index contributed by atoms with van der Waals surface area (Å²) in [4.78, 5) is 12.4. The monoisotopic (exact) mass is 268 g/mol. The molecule has 1 aromatic rings. The van der Waals surface area contributed by atoms with Crippen LogP contribution in [-0.2, 0) is 6.42 Å².